The van der Waals surface area contributed by atoms with Crippen LogP contribution in [-0.2, 0) is 5.79 Å². The molecule has 3 rings (SSSR count). The van der Waals surface area contributed by atoms with Crippen LogP contribution in [0.15, 0.2) is 30.3 Å². The smallest absolute Gasteiger partial charge is 0.242 e. The number of ketones is 1. The van der Waals surface area contributed by atoms with Crippen molar-refractivity contribution in [3.8, 4) is 28.7 Å². The van der Waals surface area contributed by atoms with Crippen molar-refractivity contribution in [1.82, 2.24) is 0 Å². The molecule has 0 radical (unpaired) electrons. The highest BCUT2D eigenvalue weighted by Crippen LogP contribution is 2.56. The molecule has 1 unspecified atom stereocenters. The van der Waals surface area contributed by atoms with Crippen molar-refractivity contribution in [2.24, 2.45) is 0 Å². The molecule has 1 atom stereocenters. The highest BCUT2D eigenvalue weighted by atomic mass is 16.6. The molecule has 0 bridgehead atoms. The van der Waals surface area contributed by atoms with Gasteiger partial charge in [-0.2, -0.15) is 0 Å². The number of hydrogen-bond acceptors (Lipinski definition) is 7. The van der Waals surface area contributed by atoms with Crippen molar-refractivity contribution in [2.75, 3.05) is 14.2 Å². The van der Waals surface area contributed by atoms with Gasteiger partial charge in [0.1, 0.15) is 5.56 Å². The molecule has 24 heavy (non-hydrogen) atoms. The van der Waals surface area contributed by atoms with E-state index in [0.29, 0.717) is 5.56 Å². The second kappa shape index (κ2) is 5.61. The summed E-state index contributed by atoms with van der Waals surface area (Å²) in [5.74, 6) is -4.35. The van der Waals surface area contributed by atoms with Crippen LogP contribution in [-0.4, -0.2) is 35.3 Å². The number of fused-ring (bicyclic) bond motifs is 1. The molecule has 0 saturated heterocycles. The Kier molecular flexibility index (Phi) is 3.73. The number of aromatic hydroxyl groups is 2. The van der Waals surface area contributed by atoms with E-state index in [0.717, 1.165) is 0 Å². The monoisotopic (exact) mass is 332 g/mol. The molecule has 0 spiro atoms. The Bertz CT molecular complexity index is 801. The molecular weight excluding hydrogens is 316 g/mol. The molecule has 1 heterocycles. The van der Waals surface area contributed by atoms with Crippen molar-refractivity contribution in [3.05, 3.63) is 41.5 Å². The van der Waals surface area contributed by atoms with Crippen LogP contribution in [0.25, 0.3) is 0 Å². The summed E-state index contributed by atoms with van der Waals surface area (Å²) in [6.45, 7) is 0. The summed E-state index contributed by atoms with van der Waals surface area (Å²) in [6.07, 6.45) is -0.424. The zero-order chi connectivity index (χ0) is 17.5. The molecular formula is C17H16O7. The van der Waals surface area contributed by atoms with Crippen molar-refractivity contribution >= 4 is 5.78 Å². The highest BCUT2D eigenvalue weighted by Gasteiger charge is 2.45. The minimum absolute atomic E-state index is 0.184. The fraction of sp³-hybridized carbons (Fsp3) is 0.235. The number of carbonyl (C=O) groups is 1. The first-order valence-corrected chi connectivity index (χ1v) is 7.13. The Balaban J connectivity index is 2.21. The maximum Gasteiger partial charge on any atom is 0.242 e. The lowest BCUT2D eigenvalue weighted by molar-refractivity contribution is -0.148. The molecule has 1 aliphatic heterocycles. The number of benzene rings is 2. The third-order valence-corrected chi connectivity index (χ3v) is 3.90. The number of methoxy groups -OCH3 is 2. The minimum Gasteiger partial charge on any atom is -0.504 e. The summed E-state index contributed by atoms with van der Waals surface area (Å²) in [6, 6.07) is 8.31. The topological polar surface area (TPSA) is 105 Å². The van der Waals surface area contributed by atoms with E-state index in [1.807, 2.05) is 0 Å². The van der Waals surface area contributed by atoms with Gasteiger partial charge in [-0.05, 0) is 0 Å². The number of Topliss-reactive ketones (excluding diaryl/α,β-unsaturated/α-hetero) is 1. The van der Waals surface area contributed by atoms with E-state index >= 15 is 0 Å². The summed E-state index contributed by atoms with van der Waals surface area (Å²) in [5.41, 5.74) is 0.0865. The van der Waals surface area contributed by atoms with E-state index in [1.165, 1.54) is 14.2 Å². The molecule has 3 N–H and O–H groups in total. The van der Waals surface area contributed by atoms with Crippen LogP contribution in [0, 0.1) is 0 Å². The Morgan fingerprint density at radius 1 is 1.04 bits per heavy atom. The van der Waals surface area contributed by atoms with Gasteiger partial charge in [0.15, 0.2) is 17.3 Å². The average molecular weight is 332 g/mol. The first-order chi connectivity index (χ1) is 11.4. The van der Waals surface area contributed by atoms with Gasteiger partial charge in [0.05, 0.1) is 20.6 Å². The lowest BCUT2D eigenvalue weighted by atomic mass is 9.92. The zero-order valence-electron chi connectivity index (χ0n) is 13.1. The molecule has 126 valence electrons. The Morgan fingerprint density at radius 2 is 1.62 bits per heavy atom. The minimum atomic E-state index is -1.96. The zero-order valence-corrected chi connectivity index (χ0v) is 13.1. The van der Waals surface area contributed by atoms with Gasteiger partial charge < -0.3 is 29.5 Å². The second-order valence-electron chi connectivity index (χ2n) is 5.32. The van der Waals surface area contributed by atoms with Crippen LogP contribution in [0.3, 0.4) is 0 Å². The molecule has 7 heteroatoms. The van der Waals surface area contributed by atoms with E-state index in [1.54, 1.807) is 30.3 Å². The third-order valence-electron chi connectivity index (χ3n) is 3.90. The summed E-state index contributed by atoms with van der Waals surface area (Å²) < 4.78 is 15.5. The predicted molar refractivity (Wildman–Crippen MR) is 82.8 cm³/mol. The molecule has 0 aromatic heterocycles. The molecule has 2 aromatic rings. The fourth-order valence-electron chi connectivity index (χ4n) is 2.76. The van der Waals surface area contributed by atoms with Crippen LogP contribution in [0.5, 0.6) is 28.7 Å². The Hall–Kier alpha value is -2.93. The van der Waals surface area contributed by atoms with Crippen LogP contribution in [0.2, 0.25) is 0 Å². The molecule has 0 amide bonds. The number of phenols is 2. The largest absolute Gasteiger partial charge is 0.504 e. The first kappa shape index (κ1) is 15.9. The van der Waals surface area contributed by atoms with E-state index in [9.17, 15) is 20.1 Å². The molecule has 1 aliphatic rings. The van der Waals surface area contributed by atoms with Crippen LogP contribution in [0.4, 0.5) is 0 Å². The van der Waals surface area contributed by atoms with Crippen LogP contribution < -0.4 is 14.2 Å². The summed E-state index contributed by atoms with van der Waals surface area (Å²) in [7, 11) is 2.52. The van der Waals surface area contributed by atoms with Gasteiger partial charge in [0.25, 0.3) is 0 Å². The maximum atomic E-state index is 12.5. The number of phenolic OH excluding ortho intramolecular Hbond substituents is 2. The standard InChI is InChI=1S/C17H16O7/c1-22-15-12(19)11-10(18)8-17(21,9-6-4-3-5-7-9)24-14(11)13(20)16(15)23-2/h3-7,19-21H,8H2,1-2H3. The number of rotatable bonds is 3. The summed E-state index contributed by atoms with van der Waals surface area (Å²) in [4.78, 5) is 12.5. The average Bonchev–Trinajstić information content (AvgIpc) is 2.58. The molecule has 0 aliphatic carbocycles. The van der Waals surface area contributed by atoms with Crippen LogP contribution >= 0.6 is 0 Å². The SMILES string of the molecule is COc1c(O)c2c(c(O)c1OC)C(=O)CC(O)(c1ccccc1)O2. The van der Waals surface area contributed by atoms with Crippen molar-refractivity contribution < 1.29 is 34.3 Å². The third kappa shape index (κ3) is 2.21. The number of carbonyl (C=O) groups excluding carboxylic acids is 1. The van der Waals surface area contributed by atoms with E-state index in [2.05, 4.69) is 0 Å². The van der Waals surface area contributed by atoms with Gasteiger partial charge in [-0.3, -0.25) is 4.79 Å². The van der Waals surface area contributed by atoms with Gasteiger partial charge in [-0.25, -0.2) is 0 Å². The molecule has 2 aromatic carbocycles. The Morgan fingerprint density at radius 3 is 2.21 bits per heavy atom. The lowest BCUT2D eigenvalue weighted by Gasteiger charge is -2.34. The van der Waals surface area contributed by atoms with E-state index < -0.39 is 29.5 Å². The number of ether oxygens (including phenoxy) is 3. The van der Waals surface area contributed by atoms with E-state index in [4.69, 9.17) is 14.2 Å². The maximum absolute atomic E-state index is 12.5. The predicted octanol–water partition coefficient (Wildman–Crippen LogP) is 1.93. The van der Waals surface area contributed by atoms with Gasteiger partial charge in [0.2, 0.25) is 23.0 Å². The van der Waals surface area contributed by atoms with Crippen molar-refractivity contribution in [3.63, 3.8) is 0 Å². The number of hydrogen-bond donors (Lipinski definition) is 3. The van der Waals surface area contributed by atoms with E-state index in [-0.39, 0.29) is 22.8 Å². The first-order valence-electron chi connectivity index (χ1n) is 7.13. The van der Waals surface area contributed by atoms with Gasteiger partial charge in [-0.1, -0.05) is 30.3 Å². The van der Waals surface area contributed by atoms with Gasteiger partial charge >= 0.3 is 0 Å². The fourth-order valence-corrected chi connectivity index (χ4v) is 2.76. The highest BCUT2D eigenvalue weighted by molar-refractivity contribution is 6.05. The quantitative estimate of drug-likeness (QED) is 0.737. The molecule has 0 saturated carbocycles. The molecule has 0 fully saturated rings. The van der Waals surface area contributed by atoms with Gasteiger partial charge in [0, 0.05) is 5.56 Å². The van der Waals surface area contributed by atoms with Crippen LogP contribution in [0.1, 0.15) is 22.3 Å². The summed E-state index contributed by atoms with van der Waals surface area (Å²) >= 11 is 0. The number of aliphatic hydroxyl groups is 1. The second-order valence-corrected chi connectivity index (χ2v) is 5.32. The van der Waals surface area contributed by atoms with Crippen molar-refractivity contribution in [2.45, 2.75) is 12.2 Å². The van der Waals surface area contributed by atoms with Gasteiger partial charge in [-0.15, -0.1) is 0 Å². The normalized spacial score (nSPS) is 19.4. The Labute approximate surface area is 137 Å². The molecule has 7 nitrogen and oxygen atoms in total. The summed E-state index contributed by atoms with van der Waals surface area (Å²) in [5, 5.41) is 31.4. The lowest BCUT2D eigenvalue weighted by Crippen LogP contribution is -2.39. The van der Waals surface area contributed by atoms with Crippen molar-refractivity contribution in [1.29, 1.82) is 0 Å².